The van der Waals surface area contributed by atoms with E-state index in [0.717, 1.165) is 9.13 Å². The van der Waals surface area contributed by atoms with Crippen LogP contribution in [0.4, 0.5) is 0 Å². The van der Waals surface area contributed by atoms with Gasteiger partial charge in [0.1, 0.15) is 6.10 Å². The minimum absolute atomic E-state index is 0.278. The molecule has 0 heterocycles. The van der Waals surface area contributed by atoms with Crippen LogP contribution < -0.4 is 5.32 Å². The van der Waals surface area contributed by atoms with Crippen molar-refractivity contribution in [3.05, 3.63) is 33.4 Å². The predicted octanol–water partition coefficient (Wildman–Crippen LogP) is -0.546. The Kier molecular flexibility index (Phi) is 5.15. The van der Waals surface area contributed by atoms with Crippen LogP contribution >= 0.6 is 22.6 Å². The second-order valence-corrected chi connectivity index (χ2v) is 6.10. The van der Waals surface area contributed by atoms with Crippen LogP contribution in [-0.2, 0) is 6.54 Å². The first-order valence-corrected chi connectivity index (χ1v) is 7.25. The lowest BCUT2D eigenvalue weighted by molar-refractivity contribution is -0.0312. The fourth-order valence-corrected chi connectivity index (χ4v) is 2.82. The van der Waals surface area contributed by atoms with Crippen LogP contribution in [0.2, 0.25) is 0 Å². The van der Waals surface area contributed by atoms with Crippen molar-refractivity contribution in [2.24, 2.45) is 5.92 Å². The van der Waals surface area contributed by atoms with E-state index in [0.29, 0.717) is 6.54 Å². The van der Waals surface area contributed by atoms with Gasteiger partial charge >= 0.3 is 0 Å². The summed E-state index contributed by atoms with van der Waals surface area (Å²) in [6.45, 7) is 0.230. The van der Waals surface area contributed by atoms with Crippen molar-refractivity contribution in [1.82, 2.24) is 5.32 Å². The Balaban J connectivity index is 1.99. The minimum Gasteiger partial charge on any atom is -0.396 e. The lowest BCUT2D eigenvalue weighted by Crippen LogP contribution is -2.43. The molecule has 1 aromatic rings. The van der Waals surface area contributed by atoms with Gasteiger partial charge in [0.15, 0.2) is 0 Å². The van der Waals surface area contributed by atoms with E-state index < -0.39 is 30.3 Å². The quantitative estimate of drug-likeness (QED) is 0.453. The lowest BCUT2D eigenvalue weighted by Gasteiger charge is -2.22. The Labute approximate surface area is 125 Å². The molecule has 5 atom stereocenters. The SMILES string of the molecule is OC[C@@H]1[C@H](O)[C@H](O)[C@@H](O)[C@@H]1NCc1ccc(I)cc1. The van der Waals surface area contributed by atoms with Gasteiger partial charge in [0, 0.05) is 22.1 Å². The number of aliphatic hydroxyl groups is 4. The van der Waals surface area contributed by atoms with Crippen molar-refractivity contribution in [2.75, 3.05) is 6.61 Å². The molecular weight excluding hydrogens is 361 g/mol. The Morgan fingerprint density at radius 1 is 1.00 bits per heavy atom. The van der Waals surface area contributed by atoms with Gasteiger partial charge < -0.3 is 25.7 Å². The molecule has 1 aromatic carbocycles. The fraction of sp³-hybridized carbons (Fsp3) is 0.538. The molecule has 1 aliphatic rings. The standard InChI is InChI=1S/C13H18INO4/c14-8-3-1-7(2-4-8)5-15-10-9(6-16)11(17)13(19)12(10)18/h1-4,9-13,15-19H,5-6H2/t9-,10+,11-,12-,13-/m0/s1. The van der Waals surface area contributed by atoms with Crippen LogP contribution in [0.5, 0.6) is 0 Å². The van der Waals surface area contributed by atoms with E-state index >= 15 is 0 Å². The van der Waals surface area contributed by atoms with Crippen LogP contribution in [0.15, 0.2) is 24.3 Å². The Hall–Kier alpha value is -0.250. The zero-order valence-electron chi connectivity index (χ0n) is 10.3. The van der Waals surface area contributed by atoms with Gasteiger partial charge in [0.05, 0.1) is 18.8 Å². The van der Waals surface area contributed by atoms with Gasteiger partial charge in [-0.3, -0.25) is 0 Å². The number of nitrogens with one attached hydrogen (secondary N) is 1. The van der Waals surface area contributed by atoms with Crippen LogP contribution in [-0.4, -0.2) is 51.4 Å². The molecule has 0 aromatic heterocycles. The Bertz CT molecular complexity index is 414. The zero-order chi connectivity index (χ0) is 14.0. The van der Waals surface area contributed by atoms with Crippen molar-refractivity contribution < 1.29 is 20.4 Å². The third-order valence-electron chi connectivity index (χ3n) is 3.63. The largest absolute Gasteiger partial charge is 0.396 e. The maximum atomic E-state index is 9.87. The van der Waals surface area contributed by atoms with Gasteiger partial charge in [0.25, 0.3) is 0 Å². The summed E-state index contributed by atoms with van der Waals surface area (Å²) in [6, 6.07) is 7.38. The van der Waals surface area contributed by atoms with Gasteiger partial charge in [-0.2, -0.15) is 0 Å². The number of aliphatic hydroxyl groups excluding tert-OH is 4. The van der Waals surface area contributed by atoms with E-state index in [-0.39, 0.29) is 6.61 Å². The Morgan fingerprint density at radius 2 is 1.63 bits per heavy atom. The summed E-state index contributed by atoms with van der Waals surface area (Å²) in [5.74, 6) is -0.561. The smallest absolute Gasteiger partial charge is 0.108 e. The van der Waals surface area contributed by atoms with E-state index in [4.69, 9.17) is 0 Å². The molecule has 5 nitrogen and oxygen atoms in total. The molecule has 0 saturated heterocycles. The highest BCUT2D eigenvalue weighted by atomic mass is 127. The number of halogens is 1. The fourth-order valence-electron chi connectivity index (χ4n) is 2.47. The predicted molar refractivity (Wildman–Crippen MR) is 78.4 cm³/mol. The molecule has 1 fully saturated rings. The first-order valence-electron chi connectivity index (χ1n) is 6.17. The van der Waals surface area contributed by atoms with Crippen LogP contribution in [0.3, 0.4) is 0 Å². The summed E-state index contributed by atoms with van der Waals surface area (Å²) in [4.78, 5) is 0. The molecule has 0 aliphatic heterocycles. The molecule has 6 heteroatoms. The first-order chi connectivity index (χ1) is 9.04. The van der Waals surface area contributed by atoms with Crippen LogP contribution in [0, 0.1) is 9.49 Å². The maximum absolute atomic E-state index is 9.87. The normalized spacial score (nSPS) is 34.7. The molecule has 0 spiro atoms. The minimum atomic E-state index is -1.22. The van der Waals surface area contributed by atoms with Crippen LogP contribution in [0.25, 0.3) is 0 Å². The molecule has 1 aliphatic carbocycles. The number of benzene rings is 1. The summed E-state index contributed by atoms with van der Waals surface area (Å²) >= 11 is 2.22. The van der Waals surface area contributed by atoms with Gasteiger partial charge in [-0.15, -0.1) is 0 Å². The highest BCUT2D eigenvalue weighted by molar-refractivity contribution is 14.1. The van der Waals surface area contributed by atoms with E-state index in [1.807, 2.05) is 24.3 Å². The van der Waals surface area contributed by atoms with E-state index in [1.165, 1.54) is 0 Å². The number of hydrogen-bond acceptors (Lipinski definition) is 5. The van der Waals surface area contributed by atoms with E-state index in [2.05, 4.69) is 27.9 Å². The van der Waals surface area contributed by atoms with Gasteiger partial charge in [-0.1, -0.05) is 12.1 Å². The van der Waals surface area contributed by atoms with Crippen molar-refractivity contribution in [3.63, 3.8) is 0 Å². The second kappa shape index (κ2) is 6.47. The number of hydrogen-bond donors (Lipinski definition) is 5. The highest BCUT2D eigenvalue weighted by Crippen LogP contribution is 2.27. The van der Waals surface area contributed by atoms with E-state index in [9.17, 15) is 20.4 Å². The molecule has 2 rings (SSSR count). The molecule has 0 unspecified atom stereocenters. The molecular formula is C13H18INO4. The number of rotatable bonds is 4. The molecule has 0 radical (unpaired) electrons. The van der Waals surface area contributed by atoms with Crippen molar-refractivity contribution in [1.29, 1.82) is 0 Å². The molecule has 19 heavy (non-hydrogen) atoms. The summed E-state index contributed by atoms with van der Waals surface area (Å²) in [5.41, 5.74) is 1.04. The van der Waals surface area contributed by atoms with Gasteiger partial charge in [0.2, 0.25) is 0 Å². The topological polar surface area (TPSA) is 93.0 Å². The maximum Gasteiger partial charge on any atom is 0.108 e. The van der Waals surface area contributed by atoms with Crippen molar-refractivity contribution in [2.45, 2.75) is 30.9 Å². The lowest BCUT2D eigenvalue weighted by atomic mass is 10.0. The summed E-state index contributed by atoms with van der Waals surface area (Å²) in [5, 5.41) is 41.6. The zero-order valence-corrected chi connectivity index (χ0v) is 12.4. The average molecular weight is 379 g/mol. The molecule has 0 amide bonds. The summed E-state index contributed by atoms with van der Waals surface area (Å²) < 4.78 is 1.14. The van der Waals surface area contributed by atoms with Crippen LogP contribution in [0.1, 0.15) is 5.56 Å². The molecule has 106 valence electrons. The van der Waals surface area contributed by atoms with Crippen molar-refractivity contribution in [3.8, 4) is 0 Å². The van der Waals surface area contributed by atoms with E-state index in [1.54, 1.807) is 0 Å². The summed E-state index contributed by atoms with van der Waals surface area (Å²) in [7, 11) is 0. The van der Waals surface area contributed by atoms with Gasteiger partial charge in [-0.25, -0.2) is 0 Å². The molecule has 0 bridgehead atoms. The molecule has 5 N–H and O–H groups in total. The highest BCUT2D eigenvalue weighted by Gasteiger charge is 2.48. The molecule has 1 saturated carbocycles. The monoisotopic (exact) mass is 379 g/mol. The Morgan fingerprint density at radius 3 is 2.21 bits per heavy atom. The summed E-state index contributed by atoms with van der Waals surface area (Å²) in [6.07, 6.45) is -3.39. The van der Waals surface area contributed by atoms with Crippen molar-refractivity contribution >= 4 is 22.6 Å². The van der Waals surface area contributed by atoms with Gasteiger partial charge in [-0.05, 0) is 40.3 Å². The average Bonchev–Trinajstić information content (AvgIpc) is 2.62. The first kappa shape index (κ1) is 15.1. The third kappa shape index (κ3) is 3.26. The second-order valence-electron chi connectivity index (χ2n) is 4.85. The third-order valence-corrected chi connectivity index (χ3v) is 4.35.